The number of aromatic nitrogens is 1. The van der Waals surface area contributed by atoms with E-state index in [-0.39, 0.29) is 5.78 Å². The number of ketones is 1. The average molecular weight is 245 g/mol. The van der Waals surface area contributed by atoms with E-state index in [1.807, 2.05) is 34.3 Å². The van der Waals surface area contributed by atoms with Crippen molar-refractivity contribution in [1.29, 1.82) is 0 Å². The number of hydrogen-bond acceptors (Lipinski definition) is 4. The number of fused-ring (bicyclic) bond motifs is 1. The van der Waals surface area contributed by atoms with Gasteiger partial charge in [-0.2, -0.15) is 11.3 Å². The Kier molecular flexibility index (Phi) is 2.31. The van der Waals surface area contributed by atoms with Gasteiger partial charge < -0.3 is 0 Å². The number of carbonyl (C=O) groups is 1. The van der Waals surface area contributed by atoms with Gasteiger partial charge in [-0.15, -0.1) is 11.3 Å². The monoisotopic (exact) mass is 245 g/mol. The van der Waals surface area contributed by atoms with Crippen LogP contribution >= 0.6 is 22.7 Å². The van der Waals surface area contributed by atoms with Crippen LogP contribution in [0.5, 0.6) is 0 Å². The summed E-state index contributed by atoms with van der Waals surface area (Å²) in [5.74, 6) is 0.0454. The molecular weight excluding hydrogens is 238 g/mol. The predicted molar refractivity (Wildman–Crippen MR) is 67.4 cm³/mol. The molecule has 0 N–H and O–H groups in total. The highest BCUT2D eigenvalue weighted by molar-refractivity contribution is 7.17. The topological polar surface area (TPSA) is 30.0 Å². The quantitative estimate of drug-likeness (QED) is 0.646. The molecule has 0 atom stereocenters. The third kappa shape index (κ3) is 1.56. The van der Waals surface area contributed by atoms with Gasteiger partial charge in [-0.1, -0.05) is 0 Å². The minimum absolute atomic E-state index is 0.0454. The van der Waals surface area contributed by atoms with Crippen LogP contribution in [-0.2, 0) is 0 Å². The number of carbonyl (C=O) groups excluding carboxylic acids is 1. The summed E-state index contributed by atoms with van der Waals surface area (Å²) in [5.41, 5.74) is 2.35. The molecule has 0 aliphatic heterocycles. The Balaban J connectivity index is 2.09. The lowest BCUT2D eigenvalue weighted by molar-refractivity contribution is 0.103. The van der Waals surface area contributed by atoms with E-state index in [9.17, 15) is 4.79 Å². The summed E-state index contributed by atoms with van der Waals surface area (Å²) >= 11 is 3.13. The molecule has 0 spiro atoms. The maximum absolute atomic E-state index is 12.0. The highest BCUT2D eigenvalue weighted by atomic mass is 32.1. The Morgan fingerprint density at radius 3 is 2.94 bits per heavy atom. The van der Waals surface area contributed by atoms with Gasteiger partial charge in [-0.05, 0) is 29.0 Å². The fourth-order valence-corrected chi connectivity index (χ4v) is 2.95. The molecule has 0 unspecified atom stereocenters. The molecule has 0 radical (unpaired) electrons. The van der Waals surface area contributed by atoms with Crippen LogP contribution in [0.3, 0.4) is 0 Å². The first-order valence-electron chi connectivity index (χ1n) is 4.75. The van der Waals surface area contributed by atoms with Crippen molar-refractivity contribution in [3.63, 3.8) is 0 Å². The number of rotatable bonds is 2. The maximum Gasteiger partial charge on any atom is 0.195 e. The van der Waals surface area contributed by atoms with Gasteiger partial charge in [-0.25, -0.2) is 0 Å². The first-order chi connectivity index (χ1) is 7.84. The molecule has 0 saturated heterocycles. The summed E-state index contributed by atoms with van der Waals surface area (Å²) in [6.45, 7) is 0. The summed E-state index contributed by atoms with van der Waals surface area (Å²) in [6, 6.07) is 5.71. The summed E-state index contributed by atoms with van der Waals surface area (Å²) < 4.78 is 1.06. The summed E-state index contributed by atoms with van der Waals surface area (Å²) in [5, 5.41) is 5.75. The summed E-state index contributed by atoms with van der Waals surface area (Å²) in [7, 11) is 0. The lowest BCUT2D eigenvalue weighted by atomic mass is 10.1. The van der Waals surface area contributed by atoms with E-state index in [2.05, 4.69) is 4.98 Å². The molecule has 0 saturated carbocycles. The van der Waals surface area contributed by atoms with Gasteiger partial charge in [0.05, 0.1) is 10.2 Å². The average Bonchev–Trinajstić information content (AvgIpc) is 2.98. The molecule has 0 fully saturated rings. The van der Waals surface area contributed by atoms with E-state index in [0.717, 1.165) is 15.8 Å². The van der Waals surface area contributed by atoms with Crippen LogP contribution in [0, 0.1) is 0 Å². The SMILES string of the molecule is O=C(c1ccsc1)c1cnc2ccsc2c1. The van der Waals surface area contributed by atoms with Gasteiger partial charge in [0.25, 0.3) is 0 Å². The first kappa shape index (κ1) is 9.69. The van der Waals surface area contributed by atoms with Crippen molar-refractivity contribution in [1.82, 2.24) is 4.98 Å². The lowest BCUT2D eigenvalue weighted by Gasteiger charge is -1.97. The van der Waals surface area contributed by atoms with Crippen LogP contribution in [0.2, 0.25) is 0 Å². The zero-order valence-corrected chi connectivity index (χ0v) is 9.85. The molecule has 3 aromatic rings. The molecule has 0 bridgehead atoms. The number of nitrogens with zero attached hydrogens (tertiary/aromatic N) is 1. The van der Waals surface area contributed by atoms with Crippen LogP contribution in [0.4, 0.5) is 0 Å². The highest BCUT2D eigenvalue weighted by Crippen LogP contribution is 2.21. The van der Waals surface area contributed by atoms with Gasteiger partial charge in [0.15, 0.2) is 5.78 Å². The molecule has 4 heteroatoms. The second kappa shape index (κ2) is 3.81. The Morgan fingerprint density at radius 2 is 2.12 bits per heavy atom. The van der Waals surface area contributed by atoms with Gasteiger partial charge in [0.2, 0.25) is 0 Å². The number of pyridine rings is 1. The smallest absolute Gasteiger partial charge is 0.195 e. The molecule has 0 aliphatic rings. The Hall–Kier alpha value is -1.52. The van der Waals surface area contributed by atoms with Crippen molar-refractivity contribution in [2.24, 2.45) is 0 Å². The molecule has 0 aromatic carbocycles. The van der Waals surface area contributed by atoms with Gasteiger partial charge in [0, 0.05) is 22.7 Å². The maximum atomic E-state index is 12.0. The highest BCUT2D eigenvalue weighted by Gasteiger charge is 2.10. The minimum Gasteiger partial charge on any atom is -0.289 e. The largest absolute Gasteiger partial charge is 0.289 e. The van der Waals surface area contributed by atoms with E-state index in [0.29, 0.717) is 5.56 Å². The zero-order chi connectivity index (χ0) is 11.0. The first-order valence-corrected chi connectivity index (χ1v) is 6.57. The molecule has 0 aliphatic carbocycles. The Morgan fingerprint density at radius 1 is 1.19 bits per heavy atom. The molecule has 2 nitrogen and oxygen atoms in total. The standard InChI is InChI=1S/C12H7NOS2/c14-12(8-1-3-15-7-8)9-5-11-10(13-6-9)2-4-16-11/h1-7H. The van der Waals surface area contributed by atoms with E-state index in [1.54, 1.807) is 17.5 Å². The van der Waals surface area contributed by atoms with Crippen molar-refractivity contribution in [2.75, 3.05) is 0 Å². The zero-order valence-electron chi connectivity index (χ0n) is 8.21. The van der Waals surface area contributed by atoms with E-state index >= 15 is 0 Å². The van der Waals surface area contributed by atoms with E-state index in [4.69, 9.17) is 0 Å². The molecule has 16 heavy (non-hydrogen) atoms. The van der Waals surface area contributed by atoms with Crippen molar-refractivity contribution in [3.8, 4) is 0 Å². The number of hydrogen-bond donors (Lipinski definition) is 0. The normalized spacial score (nSPS) is 10.8. The third-order valence-corrected chi connectivity index (χ3v) is 3.88. The van der Waals surface area contributed by atoms with Crippen molar-refractivity contribution in [2.45, 2.75) is 0 Å². The van der Waals surface area contributed by atoms with Gasteiger partial charge in [-0.3, -0.25) is 9.78 Å². The van der Waals surface area contributed by atoms with Crippen molar-refractivity contribution in [3.05, 3.63) is 51.7 Å². The molecule has 0 amide bonds. The van der Waals surface area contributed by atoms with Crippen LogP contribution in [0.1, 0.15) is 15.9 Å². The third-order valence-electron chi connectivity index (χ3n) is 2.35. The molecule has 78 valence electrons. The fraction of sp³-hybridized carbons (Fsp3) is 0. The second-order valence-corrected chi connectivity index (χ2v) is 5.10. The van der Waals surface area contributed by atoms with Crippen LogP contribution < -0.4 is 0 Å². The molecule has 3 heterocycles. The molecule has 3 rings (SSSR count). The van der Waals surface area contributed by atoms with Crippen molar-refractivity contribution >= 4 is 38.7 Å². The Bertz CT molecular complexity index is 640. The summed E-state index contributed by atoms with van der Waals surface area (Å²) in [6.07, 6.45) is 1.65. The van der Waals surface area contributed by atoms with E-state index in [1.165, 1.54) is 11.3 Å². The Labute approximate surface area is 100 Å². The molecular formula is C12H7NOS2. The summed E-state index contributed by atoms with van der Waals surface area (Å²) in [4.78, 5) is 16.3. The number of thiophene rings is 2. The lowest BCUT2D eigenvalue weighted by Crippen LogP contribution is -1.99. The fourth-order valence-electron chi connectivity index (χ4n) is 1.53. The van der Waals surface area contributed by atoms with Crippen LogP contribution in [-0.4, -0.2) is 10.8 Å². The van der Waals surface area contributed by atoms with Crippen LogP contribution in [0.15, 0.2) is 40.5 Å². The van der Waals surface area contributed by atoms with Crippen molar-refractivity contribution < 1.29 is 4.79 Å². The minimum atomic E-state index is 0.0454. The van der Waals surface area contributed by atoms with Gasteiger partial charge in [0.1, 0.15) is 0 Å². The predicted octanol–water partition coefficient (Wildman–Crippen LogP) is 3.59. The van der Waals surface area contributed by atoms with E-state index < -0.39 is 0 Å². The molecule has 3 aromatic heterocycles. The van der Waals surface area contributed by atoms with Gasteiger partial charge >= 0.3 is 0 Å². The van der Waals surface area contributed by atoms with Crippen LogP contribution in [0.25, 0.3) is 10.2 Å². The second-order valence-electron chi connectivity index (χ2n) is 3.37.